The first-order valence-corrected chi connectivity index (χ1v) is 4.38. The molecule has 2 heteroatoms. The fourth-order valence-electron chi connectivity index (χ4n) is 1.61. The molecule has 0 saturated heterocycles. The number of ketones is 1. The molecule has 0 amide bonds. The number of rotatable bonds is 0. The van der Waals surface area contributed by atoms with Crippen LogP contribution in [0.2, 0.25) is 0 Å². The van der Waals surface area contributed by atoms with Crippen LogP contribution in [-0.2, 0) is 4.79 Å². The summed E-state index contributed by atoms with van der Waals surface area (Å²) in [5, 5.41) is 8.80. The number of allylic oxidation sites excluding steroid dienone is 1. The fraction of sp³-hybridized carbons (Fsp3) is 0.700. The monoisotopic (exact) mass is 168 g/mol. The van der Waals surface area contributed by atoms with Gasteiger partial charge in [-0.25, -0.2) is 0 Å². The third-order valence-electron chi connectivity index (χ3n) is 3.11. The van der Waals surface area contributed by atoms with Crippen molar-refractivity contribution in [2.24, 2.45) is 11.3 Å². The van der Waals surface area contributed by atoms with E-state index in [2.05, 4.69) is 6.92 Å². The lowest BCUT2D eigenvalue weighted by Gasteiger charge is -2.35. The van der Waals surface area contributed by atoms with Gasteiger partial charge in [0, 0.05) is 11.0 Å². The summed E-state index contributed by atoms with van der Waals surface area (Å²) in [6.45, 7) is 5.98. The van der Waals surface area contributed by atoms with Crippen LogP contribution in [0.1, 0.15) is 33.6 Å². The molecule has 0 unspecified atom stereocenters. The third-order valence-corrected chi connectivity index (χ3v) is 3.11. The molecule has 0 aliphatic heterocycles. The molecule has 12 heavy (non-hydrogen) atoms. The number of carbonyl (C=O) groups excluding carboxylic acids is 1. The van der Waals surface area contributed by atoms with Crippen LogP contribution in [0, 0.1) is 11.3 Å². The largest absolute Gasteiger partial charge is 0.515 e. The Morgan fingerprint density at radius 3 is 2.67 bits per heavy atom. The molecule has 1 fully saturated rings. The lowest BCUT2D eigenvalue weighted by atomic mass is 9.67. The maximum absolute atomic E-state index is 11.7. The number of hydrogen-bond donors (Lipinski definition) is 1. The summed E-state index contributed by atoms with van der Waals surface area (Å²) in [7, 11) is 0. The number of carbonyl (C=O) groups is 1. The lowest BCUT2D eigenvalue weighted by molar-refractivity contribution is -0.127. The van der Waals surface area contributed by atoms with E-state index in [1.165, 1.54) is 0 Å². The van der Waals surface area contributed by atoms with Crippen LogP contribution in [0.25, 0.3) is 0 Å². The van der Waals surface area contributed by atoms with Crippen molar-refractivity contribution in [3.8, 4) is 0 Å². The van der Waals surface area contributed by atoms with Crippen LogP contribution in [0.4, 0.5) is 0 Å². The Labute approximate surface area is 73.3 Å². The van der Waals surface area contributed by atoms with Gasteiger partial charge in [0.15, 0.2) is 5.78 Å². The smallest absolute Gasteiger partial charge is 0.167 e. The molecule has 1 atom stereocenters. The van der Waals surface area contributed by atoms with Gasteiger partial charge in [0.1, 0.15) is 0 Å². The van der Waals surface area contributed by atoms with E-state index in [1.54, 1.807) is 0 Å². The van der Waals surface area contributed by atoms with Gasteiger partial charge in [-0.05, 0) is 18.8 Å². The average molecular weight is 168 g/mol. The molecule has 1 aliphatic rings. The highest BCUT2D eigenvalue weighted by Gasteiger charge is 2.39. The Morgan fingerprint density at radius 2 is 2.17 bits per heavy atom. The highest BCUT2D eigenvalue weighted by Crippen LogP contribution is 2.39. The van der Waals surface area contributed by atoms with E-state index in [1.807, 2.05) is 13.8 Å². The van der Waals surface area contributed by atoms with Gasteiger partial charge < -0.3 is 5.11 Å². The van der Waals surface area contributed by atoms with Gasteiger partial charge in [-0.2, -0.15) is 0 Å². The predicted molar refractivity (Wildman–Crippen MR) is 47.9 cm³/mol. The molecule has 2 nitrogen and oxygen atoms in total. The van der Waals surface area contributed by atoms with Gasteiger partial charge in [0.2, 0.25) is 0 Å². The summed E-state index contributed by atoms with van der Waals surface area (Å²) in [6, 6.07) is 0. The Morgan fingerprint density at radius 1 is 1.58 bits per heavy atom. The summed E-state index contributed by atoms with van der Waals surface area (Å²) >= 11 is 0. The minimum Gasteiger partial charge on any atom is -0.515 e. The van der Waals surface area contributed by atoms with Gasteiger partial charge in [0.05, 0.1) is 6.26 Å². The molecule has 1 aliphatic carbocycles. The van der Waals surface area contributed by atoms with E-state index in [-0.39, 0.29) is 11.2 Å². The number of hydrogen-bond acceptors (Lipinski definition) is 2. The number of aliphatic hydroxyl groups is 1. The van der Waals surface area contributed by atoms with Crippen molar-refractivity contribution in [2.75, 3.05) is 0 Å². The zero-order valence-electron chi connectivity index (χ0n) is 7.92. The Hall–Kier alpha value is -0.790. The Balaban J connectivity index is 2.93. The van der Waals surface area contributed by atoms with Crippen molar-refractivity contribution >= 4 is 5.78 Å². The Kier molecular flexibility index (Phi) is 2.27. The van der Waals surface area contributed by atoms with Crippen LogP contribution in [0.5, 0.6) is 0 Å². The van der Waals surface area contributed by atoms with Crippen molar-refractivity contribution < 1.29 is 9.90 Å². The molecule has 0 aromatic heterocycles. The first kappa shape index (κ1) is 9.30. The van der Waals surface area contributed by atoms with Crippen molar-refractivity contribution in [2.45, 2.75) is 33.6 Å². The zero-order chi connectivity index (χ0) is 9.35. The molecular formula is C10H16O2. The van der Waals surface area contributed by atoms with E-state index < -0.39 is 0 Å². The SMILES string of the molecule is C[C@@H]1CC/C(=C/O)C(=O)C1(C)C. The zero-order valence-corrected chi connectivity index (χ0v) is 7.92. The molecule has 0 bridgehead atoms. The van der Waals surface area contributed by atoms with E-state index >= 15 is 0 Å². The maximum Gasteiger partial charge on any atom is 0.167 e. The molecule has 0 heterocycles. The van der Waals surface area contributed by atoms with Gasteiger partial charge in [-0.15, -0.1) is 0 Å². The van der Waals surface area contributed by atoms with Crippen LogP contribution in [0.3, 0.4) is 0 Å². The quantitative estimate of drug-likeness (QED) is 0.445. The average Bonchev–Trinajstić information content (AvgIpc) is 2.02. The summed E-state index contributed by atoms with van der Waals surface area (Å²) in [5.74, 6) is 0.512. The Bertz CT molecular complexity index is 226. The topological polar surface area (TPSA) is 37.3 Å². The molecule has 1 N–H and O–H groups in total. The normalized spacial score (nSPS) is 32.4. The van der Waals surface area contributed by atoms with E-state index in [0.29, 0.717) is 11.5 Å². The minimum atomic E-state index is -0.299. The van der Waals surface area contributed by atoms with Crippen LogP contribution < -0.4 is 0 Å². The molecule has 1 saturated carbocycles. The second-order valence-corrected chi connectivity index (χ2v) is 4.14. The second kappa shape index (κ2) is 2.92. The lowest BCUT2D eigenvalue weighted by Crippen LogP contribution is -2.36. The summed E-state index contributed by atoms with van der Waals surface area (Å²) in [4.78, 5) is 11.7. The molecular weight excluding hydrogens is 152 g/mol. The molecule has 0 aromatic carbocycles. The maximum atomic E-state index is 11.7. The van der Waals surface area contributed by atoms with Crippen molar-refractivity contribution in [1.29, 1.82) is 0 Å². The molecule has 68 valence electrons. The van der Waals surface area contributed by atoms with Crippen LogP contribution in [0.15, 0.2) is 11.8 Å². The first-order chi connectivity index (χ1) is 5.50. The van der Waals surface area contributed by atoms with E-state index in [4.69, 9.17) is 5.11 Å². The van der Waals surface area contributed by atoms with Gasteiger partial charge >= 0.3 is 0 Å². The standard InChI is InChI=1S/C10H16O2/c1-7-4-5-8(6-11)9(12)10(7,2)3/h6-7,11H,4-5H2,1-3H3/b8-6-/t7-/m1/s1. The number of aliphatic hydroxyl groups excluding tert-OH is 1. The van der Waals surface area contributed by atoms with Gasteiger partial charge in [-0.3, -0.25) is 4.79 Å². The summed E-state index contributed by atoms with van der Waals surface area (Å²) in [6.07, 6.45) is 2.68. The van der Waals surface area contributed by atoms with Gasteiger partial charge in [0.25, 0.3) is 0 Å². The highest BCUT2D eigenvalue weighted by atomic mass is 16.2. The molecule has 0 radical (unpaired) electrons. The third kappa shape index (κ3) is 1.26. The fourth-order valence-corrected chi connectivity index (χ4v) is 1.61. The van der Waals surface area contributed by atoms with Crippen LogP contribution >= 0.6 is 0 Å². The van der Waals surface area contributed by atoms with Crippen molar-refractivity contribution in [3.05, 3.63) is 11.8 Å². The van der Waals surface area contributed by atoms with Crippen molar-refractivity contribution in [1.82, 2.24) is 0 Å². The second-order valence-electron chi connectivity index (χ2n) is 4.14. The van der Waals surface area contributed by atoms with E-state index in [9.17, 15) is 4.79 Å². The summed E-state index contributed by atoms with van der Waals surface area (Å²) in [5.41, 5.74) is 0.283. The molecule has 1 rings (SSSR count). The molecule has 0 spiro atoms. The van der Waals surface area contributed by atoms with Gasteiger partial charge in [-0.1, -0.05) is 20.8 Å². The highest BCUT2D eigenvalue weighted by molar-refractivity contribution is 6.00. The van der Waals surface area contributed by atoms with Crippen molar-refractivity contribution in [3.63, 3.8) is 0 Å². The number of Topliss-reactive ketones (excluding diaryl/α,β-unsaturated/α-hetero) is 1. The van der Waals surface area contributed by atoms with Crippen LogP contribution in [-0.4, -0.2) is 10.9 Å². The minimum absolute atomic E-state index is 0.101. The predicted octanol–water partition coefficient (Wildman–Crippen LogP) is 2.45. The summed E-state index contributed by atoms with van der Waals surface area (Å²) < 4.78 is 0. The first-order valence-electron chi connectivity index (χ1n) is 4.38. The van der Waals surface area contributed by atoms with E-state index in [0.717, 1.165) is 19.1 Å². The molecule has 0 aromatic rings.